The number of aliphatic hydroxyl groups is 1. The lowest BCUT2D eigenvalue weighted by Gasteiger charge is -2.05. The van der Waals surface area contributed by atoms with Gasteiger partial charge in [0.15, 0.2) is 5.82 Å². The summed E-state index contributed by atoms with van der Waals surface area (Å²) < 4.78 is 13.0. The summed E-state index contributed by atoms with van der Waals surface area (Å²) in [5, 5.41) is 9.07. The molecule has 17 heavy (non-hydrogen) atoms. The van der Waals surface area contributed by atoms with E-state index in [9.17, 15) is 4.39 Å². The summed E-state index contributed by atoms with van der Waals surface area (Å²) >= 11 is 5.71. The molecular weight excluding hydrogens is 243 g/mol. The minimum Gasteiger partial charge on any atom is -0.388 e. The molecule has 0 amide bonds. The smallest absolute Gasteiger partial charge is 0.154 e. The number of rotatable bonds is 2. The number of nitrogens with zero attached hydrogens (tertiary/aromatic N) is 2. The minimum absolute atomic E-state index is 0.0457. The standard InChI is InChI=1S/C12H10ClFN2O/c1-7-4-11(16-12(6-17)15-7)8-2-3-10(14)9(13)5-8/h2-5,17H,6H2,1H3. The first-order chi connectivity index (χ1) is 8.10. The number of aliphatic hydroxyl groups excluding tert-OH is 1. The van der Waals surface area contributed by atoms with Gasteiger partial charge < -0.3 is 5.11 Å². The van der Waals surface area contributed by atoms with Crippen molar-refractivity contribution in [1.82, 2.24) is 9.97 Å². The highest BCUT2D eigenvalue weighted by atomic mass is 35.5. The number of halogens is 2. The third kappa shape index (κ3) is 2.60. The molecule has 0 saturated heterocycles. The number of hydrogen-bond acceptors (Lipinski definition) is 3. The second-order valence-corrected chi connectivity index (χ2v) is 4.00. The Kier molecular flexibility index (Phi) is 3.36. The van der Waals surface area contributed by atoms with Crippen LogP contribution in [0.3, 0.4) is 0 Å². The second-order valence-electron chi connectivity index (χ2n) is 3.60. The molecule has 0 spiro atoms. The van der Waals surface area contributed by atoms with E-state index < -0.39 is 5.82 Å². The maximum Gasteiger partial charge on any atom is 0.154 e. The molecule has 0 unspecified atom stereocenters. The summed E-state index contributed by atoms with van der Waals surface area (Å²) in [7, 11) is 0. The highest BCUT2D eigenvalue weighted by molar-refractivity contribution is 6.31. The van der Waals surface area contributed by atoms with E-state index in [-0.39, 0.29) is 11.6 Å². The molecule has 0 aliphatic carbocycles. The van der Waals surface area contributed by atoms with Crippen LogP contribution in [0.25, 0.3) is 11.3 Å². The van der Waals surface area contributed by atoms with E-state index in [2.05, 4.69) is 9.97 Å². The monoisotopic (exact) mass is 252 g/mol. The Hall–Kier alpha value is -1.52. The van der Waals surface area contributed by atoms with Crippen molar-refractivity contribution in [1.29, 1.82) is 0 Å². The largest absolute Gasteiger partial charge is 0.388 e. The van der Waals surface area contributed by atoms with Crippen LogP contribution in [0.5, 0.6) is 0 Å². The van der Waals surface area contributed by atoms with Crippen LogP contribution in [0.15, 0.2) is 24.3 Å². The summed E-state index contributed by atoms with van der Waals surface area (Å²) in [5.74, 6) is -0.135. The zero-order chi connectivity index (χ0) is 12.4. The molecule has 1 N–H and O–H groups in total. The topological polar surface area (TPSA) is 46.0 Å². The lowest BCUT2D eigenvalue weighted by molar-refractivity contribution is 0.271. The van der Waals surface area contributed by atoms with Crippen LogP contribution in [-0.4, -0.2) is 15.1 Å². The van der Waals surface area contributed by atoms with Crippen molar-refractivity contribution >= 4 is 11.6 Å². The molecular formula is C12H10ClFN2O. The molecule has 1 heterocycles. The van der Waals surface area contributed by atoms with E-state index in [0.717, 1.165) is 5.69 Å². The quantitative estimate of drug-likeness (QED) is 0.894. The van der Waals surface area contributed by atoms with E-state index >= 15 is 0 Å². The summed E-state index contributed by atoms with van der Waals surface area (Å²) in [4.78, 5) is 8.20. The summed E-state index contributed by atoms with van der Waals surface area (Å²) in [6.07, 6.45) is 0. The Morgan fingerprint density at radius 3 is 2.71 bits per heavy atom. The van der Waals surface area contributed by atoms with Gasteiger partial charge in [0.2, 0.25) is 0 Å². The highest BCUT2D eigenvalue weighted by Gasteiger charge is 2.07. The van der Waals surface area contributed by atoms with Crippen molar-refractivity contribution < 1.29 is 9.50 Å². The molecule has 3 nitrogen and oxygen atoms in total. The second kappa shape index (κ2) is 4.77. The van der Waals surface area contributed by atoms with E-state index in [1.165, 1.54) is 12.1 Å². The predicted molar refractivity (Wildman–Crippen MR) is 63.1 cm³/mol. The van der Waals surface area contributed by atoms with Gasteiger partial charge in [0.25, 0.3) is 0 Å². The number of benzene rings is 1. The molecule has 0 saturated carbocycles. The molecule has 0 radical (unpaired) electrons. The number of hydrogen-bond donors (Lipinski definition) is 1. The first kappa shape index (κ1) is 12.0. The SMILES string of the molecule is Cc1cc(-c2ccc(F)c(Cl)c2)nc(CO)n1. The van der Waals surface area contributed by atoms with Gasteiger partial charge in [-0.3, -0.25) is 0 Å². The minimum atomic E-state index is -0.469. The van der Waals surface area contributed by atoms with Crippen molar-refractivity contribution in [2.24, 2.45) is 0 Å². The molecule has 2 rings (SSSR count). The molecule has 0 fully saturated rings. The Bertz CT molecular complexity index is 560. The van der Waals surface area contributed by atoms with Crippen LogP contribution in [0.1, 0.15) is 11.5 Å². The van der Waals surface area contributed by atoms with Crippen molar-refractivity contribution in [2.45, 2.75) is 13.5 Å². The Balaban J connectivity index is 2.52. The third-order valence-electron chi connectivity index (χ3n) is 2.26. The first-order valence-electron chi connectivity index (χ1n) is 5.01. The summed E-state index contributed by atoms with van der Waals surface area (Å²) in [6.45, 7) is 1.57. The van der Waals surface area contributed by atoms with Gasteiger partial charge in [-0.2, -0.15) is 0 Å². The normalized spacial score (nSPS) is 10.6. The third-order valence-corrected chi connectivity index (χ3v) is 2.55. The molecule has 0 bridgehead atoms. The predicted octanol–water partition coefficient (Wildman–Crippen LogP) is 2.74. The number of aromatic nitrogens is 2. The van der Waals surface area contributed by atoms with E-state index in [0.29, 0.717) is 17.1 Å². The van der Waals surface area contributed by atoms with Crippen LogP contribution in [0.4, 0.5) is 4.39 Å². The van der Waals surface area contributed by atoms with Gasteiger partial charge in [0, 0.05) is 11.3 Å². The van der Waals surface area contributed by atoms with Gasteiger partial charge in [0.1, 0.15) is 12.4 Å². The fourth-order valence-electron chi connectivity index (χ4n) is 1.50. The maximum absolute atomic E-state index is 13.0. The van der Waals surface area contributed by atoms with Crippen molar-refractivity contribution in [3.63, 3.8) is 0 Å². The number of aryl methyl sites for hydroxylation is 1. The van der Waals surface area contributed by atoms with Crippen molar-refractivity contribution in [2.75, 3.05) is 0 Å². The van der Waals surface area contributed by atoms with Gasteiger partial charge in [0.05, 0.1) is 10.7 Å². The van der Waals surface area contributed by atoms with E-state index in [4.69, 9.17) is 16.7 Å². The van der Waals surface area contributed by atoms with Gasteiger partial charge >= 0.3 is 0 Å². The fourth-order valence-corrected chi connectivity index (χ4v) is 1.68. The molecule has 5 heteroatoms. The van der Waals surface area contributed by atoms with E-state index in [1.807, 2.05) is 0 Å². The van der Waals surface area contributed by atoms with Crippen LogP contribution >= 0.6 is 11.6 Å². The highest BCUT2D eigenvalue weighted by Crippen LogP contribution is 2.23. The molecule has 1 aromatic carbocycles. The molecule has 2 aromatic rings. The average molecular weight is 253 g/mol. The molecule has 0 aliphatic rings. The summed E-state index contributed by atoms with van der Waals surface area (Å²) in [6, 6.07) is 6.13. The lowest BCUT2D eigenvalue weighted by Crippen LogP contribution is -1.98. The zero-order valence-electron chi connectivity index (χ0n) is 9.11. The van der Waals surface area contributed by atoms with Crippen molar-refractivity contribution in [3.05, 3.63) is 46.6 Å². The molecule has 88 valence electrons. The van der Waals surface area contributed by atoms with Crippen LogP contribution in [0, 0.1) is 12.7 Å². The Morgan fingerprint density at radius 2 is 2.06 bits per heavy atom. The molecule has 1 aromatic heterocycles. The van der Waals surface area contributed by atoms with Crippen LogP contribution < -0.4 is 0 Å². The van der Waals surface area contributed by atoms with Gasteiger partial charge in [-0.1, -0.05) is 11.6 Å². The fraction of sp³-hybridized carbons (Fsp3) is 0.167. The van der Waals surface area contributed by atoms with Gasteiger partial charge in [-0.25, -0.2) is 14.4 Å². The van der Waals surface area contributed by atoms with Crippen molar-refractivity contribution in [3.8, 4) is 11.3 Å². The van der Waals surface area contributed by atoms with Gasteiger partial charge in [-0.15, -0.1) is 0 Å². The Labute approximate surface area is 103 Å². The zero-order valence-corrected chi connectivity index (χ0v) is 9.87. The lowest BCUT2D eigenvalue weighted by atomic mass is 10.1. The van der Waals surface area contributed by atoms with Crippen LogP contribution in [0.2, 0.25) is 5.02 Å². The summed E-state index contributed by atoms with van der Waals surface area (Å²) in [5.41, 5.74) is 2.04. The average Bonchev–Trinajstić information content (AvgIpc) is 2.32. The Morgan fingerprint density at radius 1 is 1.29 bits per heavy atom. The first-order valence-corrected chi connectivity index (χ1v) is 5.39. The van der Waals surface area contributed by atoms with Crippen LogP contribution in [-0.2, 0) is 6.61 Å². The molecule has 0 aliphatic heterocycles. The van der Waals surface area contributed by atoms with Gasteiger partial charge in [-0.05, 0) is 31.2 Å². The van der Waals surface area contributed by atoms with E-state index in [1.54, 1.807) is 19.1 Å². The molecule has 0 atom stereocenters. The maximum atomic E-state index is 13.0.